The van der Waals surface area contributed by atoms with Crippen molar-refractivity contribution in [1.82, 2.24) is 15.2 Å². The van der Waals surface area contributed by atoms with Crippen LogP contribution in [0.3, 0.4) is 0 Å². The lowest BCUT2D eigenvalue weighted by Gasteiger charge is -2.54. The average molecular weight is 492 g/mol. The summed E-state index contributed by atoms with van der Waals surface area (Å²) in [5.74, 6) is -2.49. The minimum atomic E-state index is -1.61. The van der Waals surface area contributed by atoms with Gasteiger partial charge in [-0.2, -0.15) is 0 Å². The van der Waals surface area contributed by atoms with Crippen molar-refractivity contribution in [3.63, 3.8) is 0 Å². The van der Waals surface area contributed by atoms with E-state index in [-0.39, 0.29) is 23.6 Å². The van der Waals surface area contributed by atoms with Crippen molar-refractivity contribution >= 4 is 41.3 Å². The minimum absolute atomic E-state index is 0.0138. The van der Waals surface area contributed by atoms with Crippen LogP contribution in [0.1, 0.15) is 11.7 Å². The van der Waals surface area contributed by atoms with Crippen molar-refractivity contribution in [2.24, 2.45) is 5.41 Å². The number of fused-ring (bicyclic) bond motifs is 1. The van der Waals surface area contributed by atoms with Crippen LogP contribution in [0.5, 0.6) is 5.75 Å². The molecule has 2 saturated heterocycles. The number of aromatic nitrogens is 1. The van der Waals surface area contributed by atoms with Gasteiger partial charge in [-0.1, -0.05) is 30.0 Å². The number of phenolic OH excluding ortho intramolecular Hbond substituents is 1. The van der Waals surface area contributed by atoms with Crippen LogP contribution in [0.4, 0.5) is 0 Å². The first-order valence-corrected chi connectivity index (χ1v) is 11.8. The Labute approximate surface area is 197 Å². The van der Waals surface area contributed by atoms with E-state index in [0.717, 1.165) is 23.5 Å². The molecule has 5 N–H and O–H groups in total. The van der Waals surface area contributed by atoms with E-state index in [1.165, 1.54) is 35.4 Å². The van der Waals surface area contributed by atoms with Gasteiger partial charge in [0.2, 0.25) is 5.91 Å². The molecule has 2 aliphatic rings. The predicted molar refractivity (Wildman–Crippen MR) is 119 cm³/mol. The summed E-state index contributed by atoms with van der Waals surface area (Å²) in [7, 11) is 0. The SMILES string of the molecule is O=C(NC1C(=O)N2CC(C(=O)O)(C(O)Sc3ccccn3)CS[C@H]12)C(O)c1ccc(O)cc1. The number of carboxylic acids is 1. The molecule has 33 heavy (non-hydrogen) atoms. The molecule has 1 aromatic heterocycles. The van der Waals surface area contributed by atoms with Crippen molar-refractivity contribution in [2.45, 2.75) is 28.0 Å². The number of nitrogens with zero attached hydrogens (tertiary/aromatic N) is 2. The Hall–Kier alpha value is -2.80. The molecular formula is C21H21N3O7S2. The number of β-lactam (4-membered cyclic amide) rings is 1. The van der Waals surface area contributed by atoms with Crippen LogP contribution >= 0.6 is 23.5 Å². The smallest absolute Gasteiger partial charge is 0.315 e. The predicted octanol–water partition coefficient (Wildman–Crippen LogP) is 0.402. The Balaban J connectivity index is 1.42. The molecule has 3 heterocycles. The third kappa shape index (κ3) is 4.38. The molecule has 0 spiro atoms. The molecule has 174 valence electrons. The number of carbonyl (C=O) groups is 3. The molecule has 12 heteroatoms. The number of amides is 2. The van der Waals surface area contributed by atoms with Gasteiger partial charge >= 0.3 is 5.97 Å². The monoisotopic (exact) mass is 491 g/mol. The van der Waals surface area contributed by atoms with Gasteiger partial charge in [0.1, 0.15) is 28.0 Å². The largest absolute Gasteiger partial charge is 0.508 e. The zero-order chi connectivity index (χ0) is 23.8. The maximum Gasteiger partial charge on any atom is 0.315 e. The van der Waals surface area contributed by atoms with Crippen molar-refractivity contribution in [3.8, 4) is 5.75 Å². The second-order valence-corrected chi connectivity index (χ2v) is 9.95. The van der Waals surface area contributed by atoms with Crippen LogP contribution in [0.2, 0.25) is 0 Å². The summed E-state index contributed by atoms with van der Waals surface area (Å²) in [6.07, 6.45) is 0.00297. The summed E-state index contributed by atoms with van der Waals surface area (Å²) in [6.45, 7) is -0.216. The van der Waals surface area contributed by atoms with E-state index in [1.807, 2.05) is 0 Å². The van der Waals surface area contributed by atoms with Gasteiger partial charge in [-0.15, -0.1) is 11.8 Å². The van der Waals surface area contributed by atoms with Crippen molar-refractivity contribution in [2.75, 3.05) is 12.3 Å². The number of carbonyl (C=O) groups excluding carboxylic acids is 2. The first kappa shape index (κ1) is 23.4. The van der Waals surface area contributed by atoms with Gasteiger partial charge in [-0.3, -0.25) is 14.4 Å². The summed E-state index contributed by atoms with van der Waals surface area (Å²) < 4.78 is 0. The molecule has 0 radical (unpaired) electrons. The van der Waals surface area contributed by atoms with Crippen LogP contribution in [-0.2, 0) is 14.4 Å². The number of rotatable bonds is 7. The quantitative estimate of drug-likeness (QED) is 0.208. The van der Waals surface area contributed by atoms with Gasteiger partial charge in [0.05, 0.1) is 5.03 Å². The minimum Gasteiger partial charge on any atom is -0.508 e. The van der Waals surface area contributed by atoms with E-state index < -0.39 is 46.2 Å². The second-order valence-electron chi connectivity index (χ2n) is 7.75. The van der Waals surface area contributed by atoms with Crippen LogP contribution in [0.25, 0.3) is 0 Å². The third-order valence-corrected chi connectivity index (χ3v) is 8.34. The highest BCUT2D eigenvalue weighted by Gasteiger charge is 2.60. The Morgan fingerprint density at radius 1 is 1.21 bits per heavy atom. The van der Waals surface area contributed by atoms with Crippen molar-refractivity contribution in [3.05, 3.63) is 54.2 Å². The Bertz CT molecular complexity index is 1060. The Morgan fingerprint density at radius 2 is 1.94 bits per heavy atom. The van der Waals surface area contributed by atoms with Crippen LogP contribution in [0.15, 0.2) is 53.7 Å². The standard InChI is InChI=1S/C21H21N3O7S2/c25-12-6-4-11(5-7-12)15(26)16(27)23-14-17(28)24-9-21(19(29)30,10-32-18(14)24)20(31)33-13-3-1-2-8-22-13/h1-8,14-15,18,20,25-26,31H,9-10H2,(H,23,27)(H,29,30)/t14?,15?,18-,20?,21?/m1/s1. The van der Waals surface area contributed by atoms with Crippen molar-refractivity contribution in [1.29, 1.82) is 0 Å². The third-order valence-electron chi connectivity index (χ3n) is 5.63. The molecular weight excluding hydrogens is 470 g/mol. The summed E-state index contributed by atoms with van der Waals surface area (Å²) in [4.78, 5) is 42.7. The lowest BCUT2D eigenvalue weighted by molar-refractivity contribution is -0.162. The van der Waals surface area contributed by atoms with E-state index in [0.29, 0.717) is 5.03 Å². The molecule has 0 saturated carbocycles. The van der Waals surface area contributed by atoms with E-state index in [9.17, 15) is 34.8 Å². The molecule has 2 fully saturated rings. The fourth-order valence-corrected chi connectivity index (χ4v) is 6.34. The molecule has 4 unspecified atom stereocenters. The number of aliphatic carboxylic acids is 1. The van der Waals surface area contributed by atoms with Crippen LogP contribution in [-0.4, -0.2) is 77.2 Å². The number of hydrogen-bond acceptors (Lipinski definition) is 9. The number of aliphatic hydroxyl groups excluding tert-OH is 2. The fraction of sp³-hybridized carbons (Fsp3) is 0.333. The van der Waals surface area contributed by atoms with E-state index in [2.05, 4.69) is 10.3 Å². The maximum absolute atomic E-state index is 12.7. The van der Waals surface area contributed by atoms with E-state index >= 15 is 0 Å². The van der Waals surface area contributed by atoms with Crippen LogP contribution in [0, 0.1) is 5.41 Å². The molecule has 5 atom stereocenters. The van der Waals surface area contributed by atoms with Gasteiger partial charge < -0.3 is 30.6 Å². The topological polar surface area (TPSA) is 160 Å². The van der Waals surface area contributed by atoms with Gasteiger partial charge in [0.15, 0.2) is 6.10 Å². The van der Waals surface area contributed by atoms with Gasteiger partial charge in [0, 0.05) is 18.5 Å². The average Bonchev–Trinajstić information content (AvgIpc) is 2.82. The number of aliphatic hydroxyl groups is 2. The lowest BCUT2D eigenvalue weighted by Crippen LogP contribution is -2.74. The zero-order valence-corrected chi connectivity index (χ0v) is 18.7. The molecule has 10 nitrogen and oxygen atoms in total. The number of nitrogens with one attached hydrogen (secondary N) is 1. The first-order chi connectivity index (χ1) is 15.7. The lowest BCUT2D eigenvalue weighted by atomic mass is 9.87. The number of aromatic hydroxyl groups is 1. The van der Waals surface area contributed by atoms with Crippen molar-refractivity contribution < 1.29 is 34.8 Å². The van der Waals surface area contributed by atoms with Crippen LogP contribution < -0.4 is 5.32 Å². The number of thioether (sulfide) groups is 2. The highest BCUT2D eigenvalue weighted by atomic mass is 32.2. The molecule has 2 aliphatic heterocycles. The normalized spacial score (nSPS) is 26.0. The molecule has 1 aromatic carbocycles. The molecule has 4 rings (SSSR count). The first-order valence-electron chi connectivity index (χ1n) is 9.91. The number of carboxylic acid groups (broad SMARTS) is 1. The summed E-state index contributed by atoms with van der Waals surface area (Å²) in [5.41, 5.74) is -2.71. The maximum atomic E-state index is 12.7. The van der Waals surface area contributed by atoms with E-state index in [4.69, 9.17) is 0 Å². The number of phenols is 1. The highest BCUT2D eigenvalue weighted by Crippen LogP contribution is 2.47. The van der Waals surface area contributed by atoms with Gasteiger partial charge in [-0.25, -0.2) is 4.98 Å². The van der Waals surface area contributed by atoms with Gasteiger partial charge in [-0.05, 0) is 29.8 Å². The van der Waals surface area contributed by atoms with Gasteiger partial charge in [0.25, 0.3) is 5.91 Å². The molecule has 2 amide bonds. The molecule has 0 aliphatic carbocycles. The summed E-state index contributed by atoms with van der Waals surface area (Å²) in [5, 5.41) is 42.7. The number of hydrogen-bond donors (Lipinski definition) is 5. The zero-order valence-electron chi connectivity index (χ0n) is 17.1. The Morgan fingerprint density at radius 3 is 2.58 bits per heavy atom. The molecule has 0 bridgehead atoms. The second kappa shape index (κ2) is 9.21. The molecule has 2 aromatic rings. The summed E-state index contributed by atoms with van der Waals surface area (Å²) >= 11 is 2.06. The number of pyridine rings is 1. The fourth-order valence-electron chi connectivity index (χ4n) is 3.66. The highest BCUT2D eigenvalue weighted by molar-refractivity contribution is 8.01. The summed E-state index contributed by atoms with van der Waals surface area (Å²) in [6, 6.07) is 9.62. The Kier molecular flexibility index (Phi) is 6.52. The number of benzene rings is 1. The van der Waals surface area contributed by atoms with E-state index in [1.54, 1.807) is 18.2 Å².